The predicted molar refractivity (Wildman–Crippen MR) is 155 cm³/mol. The van der Waals surface area contributed by atoms with Gasteiger partial charge in [-0.3, -0.25) is 18.7 Å². The van der Waals surface area contributed by atoms with Crippen molar-refractivity contribution in [2.24, 2.45) is 7.05 Å². The second-order valence-corrected chi connectivity index (χ2v) is 10.7. The van der Waals surface area contributed by atoms with E-state index in [9.17, 15) is 27.6 Å². The van der Waals surface area contributed by atoms with Crippen LogP contribution >= 0.6 is 0 Å². The van der Waals surface area contributed by atoms with Crippen LogP contribution in [0.25, 0.3) is 22.4 Å². The molecule has 6 rings (SSSR count). The van der Waals surface area contributed by atoms with Crippen LogP contribution in [-0.2, 0) is 18.4 Å². The number of amides is 1. The van der Waals surface area contributed by atoms with Gasteiger partial charge in [0.05, 0.1) is 18.6 Å². The van der Waals surface area contributed by atoms with Gasteiger partial charge in [-0.25, -0.2) is 24.7 Å². The van der Waals surface area contributed by atoms with E-state index < -0.39 is 35.4 Å². The van der Waals surface area contributed by atoms with E-state index in [0.717, 1.165) is 9.47 Å². The van der Waals surface area contributed by atoms with Crippen molar-refractivity contribution in [3.8, 4) is 11.3 Å². The molecule has 0 radical (unpaired) electrons. The molecule has 0 bridgehead atoms. The Hall–Kier alpha value is -5.35. The average Bonchev–Trinajstić information content (AvgIpc) is 3.78. The molecule has 0 aromatic carbocycles. The third kappa shape index (κ3) is 5.56. The van der Waals surface area contributed by atoms with E-state index >= 15 is 0 Å². The zero-order valence-corrected chi connectivity index (χ0v) is 24.3. The number of pyridine rings is 1. The van der Waals surface area contributed by atoms with Gasteiger partial charge in [0, 0.05) is 37.6 Å². The molecular formula is C28H27F3N10O4. The molecule has 1 amide bonds. The fourth-order valence-electron chi connectivity index (χ4n) is 5.35. The lowest BCUT2D eigenvalue weighted by atomic mass is 10.2. The fraction of sp³-hybridized carbons (Fsp3) is 0.357. The van der Waals surface area contributed by atoms with Crippen LogP contribution in [-0.4, -0.2) is 63.5 Å². The summed E-state index contributed by atoms with van der Waals surface area (Å²) in [5.41, 5.74) is 0.111. The van der Waals surface area contributed by atoms with Crippen molar-refractivity contribution in [3.05, 3.63) is 75.3 Å². The lowest BCUT2D eigenvalue weighted by molar-refractivity contribution is -0.146. The molecule has 6 heterocycles. The average molecular weight is 625 g/mol. The summed E-state index contributed by atoms with van der Waals surface area (Å²) in [6.07, 6.45) is 0.0874. The quantitative estimate of drug-likeness (QED) is 0.285. The van der Waals surface area contributed by atoms with Crippen molar-refractivity contribution >= 4 is 28.8 Å². The minimum Gasteiger partial charge on any atom is -0.361 e. The van der Waals surface area contributed by atoms with Crippen molar-refractivity contribution in [1.29, 1.82) is 0 Å². The molecular weight excluding hydrogens is 597 g/mol. The van der Waals surface area contributed by atoms with Crippen LogP contribution in [0.2, 0.25) is 0 Å². The monoisotopic (exact) mass is 624 g/mol. The molecule has 0 saturated carbocycles. The van der Waals surface area contributed by atoms with E-state index in [1.165, 1.54) is 34.9 Å². The van der Waals surface area contributed by atoms with Gasteiger partial charge in [-0.05, 0) is 38.8 Å². The third-order valence-corrected chi connectivity index (χ3v) is 7.67. The third-order valence-electron chi connectivity index (χ3n) is 7.67. The standard InChI is InChI=1S/C28H27F3N10O4/c1-15-10-18(37-45-15)13-40-25(43)22-23(38(3)27(40)44)34-14-41(22)16(2)24(42)36-21-8-4-6-19(35-21)17-11-32-26(33-12-17)39-9-5-7-20(39)28(29,30)31/h4,6,8,10-12,14,16,20H,5,7,9,13H2,1-3H3,(H,35,36,42)/t16-,20-/m0/s1. The molecule has 1 N–H and O–H groups in total. The lowest BCUT2D eigenvalue weighted by Crippen LogP contribution is -2.42. The van der Waals surface area contributed by atoms with Gasteiger partial charge in [-0.2, -0.15) is 13.2 Å². The smallest absolute Gasteiger partial charge is 0.361 e. The van der Waals surface area contributed by atoms with Crippen LogP contribution in [0.5, 0.6) is 0 Å². The molecule has 45 heavy (non-hydrogen) atoms. The summed E-state index contributed by atoms with van der Waals surface area (Å²) in [4.78, 5) is 57.8. The highest BCUT2D eigenvalue weighted by molar-refractivity contribution is 5.93. The first-order valence-electron chi connectivity index (χ1n) is 13.9. The molecule has 14 nitrogen and oxygen atoms in total. The highest BCUT2D eigenvalue weighted by Crippen LogP contribution is 2.34. The van der Waals surface area contributed by atoms with E-state index in [0.29, 0.717) is 29.1 Å². The molecule has 2 atom stereocenters. The van der Waals surface area contributed by atoms with Gasteiger partial charge in [-0.1, -0.05) is 11.2 Å². The molecule has 0 aliphatic carbocycles. The molecule has 0 unspecified atom stereocenters. The summed E-state index contributed by atoms with van der Waals surface area (Å²) in [6.45, 7) is 3.33. The molecule has 0 spiro atoms. The highest BCUT2D eigenvalue weighted by atomic mass is 19.4. The zero-order chi connectivity index (χ0) is 32.0. The summed E-state index contributed by atoms with van der Waals surface area (Å²) in [6, 6.07) is 3.89. The Morgan fingerprint density at radius 2 is 1.93 bits per heavy atom. The molecule has 1 fully saturated rings. The van der Waals surface area contributed by atoms with Crippen LogP contribution < -0.4 is 21.5 Å². The molecule has 5 aromatic rings. The number of halogens is 3. The Bertz CT molecular complexity index is 2010. The van der Waals surface area contributed by atoms with Gasteiger partial charge >= 0.3 is 11.9 Å². The number of carbonyl (C=O) groups excluding carboxylic acids is 1. The highest BCUT2D eigenvalue weighted by Gasteiger charge is 2.46. The molecule has 234 valence electrons. The summed E-state index contributed by atoms with van der Waals surface area (Å²) < 4.78 is 48.8. The Labute approximate surface area is 252 Å². The van der Waals surface area contributed by atoms with Crippen LogP contribution in [0.1, 0.15) is 37.3 Å². The molecule has 17 heteroatoms. The van der Waals surface area contributed by atoms with E-state index in [2.05, 4.69) is 30.4 Å². The SMILES string of the molecule is Cc1cc(Cn2c(=O)c3c(ncn3[C@@H](C)C(=O)Nc3cccc(-c4cnc(N5CCC[C@H]5C(F)(F)F)nc4)n3)n(C)c2=O)no1. The van der Waals surface area contributed by atoms with E-state index in [4.69, 9.17) is 4.52 Å². The van der Waals surface area contributed by atoms with Gasteiger partial charge in [0.15, 0.2) is 11.2 Å². The van der Waals surface area contributed by atoms with E-state index in [-0.39, 0.29) is 42.4 Å². The van der Waals surface area contributed by atoms with Crippen molar-refractivity contribution in [2.45, 2.75) is 51.5 Å². The number of aryl methyl sites for hydroxylation is 2. The Kier molecular flexibility index (Phi) is 7.46. The van der Waals surface area contributed by atoms with Crippen LogP contribution in [0, 0.1) is 6.92 Å². The minimum atomic E-state index is -4.38. The first kappa shape index (κ1) is 29.7. The zero-order valence-electron chi connectivity index (χ0n) is 24.3. The summed E-state index contributed by atoms with van der Waals surface area (Å²) in [7, 11) is 1.47. The number of hydrogen-bond donors (Lipinski definition) is 1. The minimum absolute atomic E-state index is 0.0120. The second kappa shape index (κ2) is 11.3. The normalized spacial score (nSPS) is 16.0. The lowest BCUT2D eigenvalue weighted by Gasteiger charge is -2.26. The first-order chi connectivity index (χ1) is 21.4. The predicted octanol–water partition coefficient (Wildman–Crippen LogP) is 2.82. The summed E-state index contributed by atoms with van der Waals surface area (Å²) >= 11 is 0. The first-order valence-corrected chi connectivity index (χ1v) is 13.9. The van der Waals surface area contributed by atoms with E-state index in [1.807, 2.05) is 0 Å². The molecule has 1 aliphatic heterocycles. The maximum atomic E-state index is 13.5. The molecule has 5 aromatic heterocycles. The largest absolute Gasteiger partial charge is 0.408 e. The van der Waals surface area contributed by atoms with Crippen molar-refractivity contribution in [2.75, 3.05) is 16.8 Å². The fourth-order valence-corrected chi connectivity index (χ4v) is 5.35. The number of hydrogen-bond acceptors (Lipinski definition) is 10. The topological polar surface area (TPSA) is 159 Å². The maximum absolute atomic E-state index is 13.5. The van der Waals surface area contributed by atoms with Crippen molar-refractivity contribution in [1.82, 2.24) is 38.8 Å². The molecule has 1 aliphatic rings. The van der Waals surface area contributed by atoms with Crippen molar-refractivity contribution < 1.29 is 22.5 Å². The number of carbonyl (C=O) groups is 1. The number of anilines is 2. The van der Waals surface area contributed by atoms with Gasteiger partial charge in [0.2, 0.25) is 11.9 Å². The Morgan fingerprint density at radius 3 is 2.62 bits per heavy atom. The summed E-state index contributed by atoms with van der Waals surface area (Å²) in [5.74, 6) is 0.164. The van der Waals surface area contributed by atoms with Crippen molar-refractivity contribution in [3.63, 3.8) is 0 Å². The van der Waals surface area contributed by atoms with Crippen LogP contribution in [0.3, 0.4) is 0 Å². The number of nitrogens with zero attached hydrogens (tertiary/aromatic N) is 9. The van der Waals surface area contributed by atoms with Gasteiger partial charge < -0.3 is 19.3 Å². The Morgan fingerprint density at radius 1 is 1.18 bits per heavy atom. The molecule has 1 saturated heterocycles. The Balaban J connectivity index is 1.23. The number of alkyl halides is 3. The van der Waals surface area contributed by atoms with E-state index in [1.54, 1.807) is 38.1 Å². The number of imidazole rings is 1. The van der Waals surface area contributed by atoms with Gasteiger partial charge in [0.1, 0.15) is 29.4 Å². The van der Waals surface area contributed by atoms with Gasteiger partial charge in [0.25, 0.3) is 5.56 Å². The second-order valence-electron chi connectivity index (χ2n) is 10.7. The number of rotatable bonds is 7. The number of fused-ring (bicyclic) bond motifs is 1. The van der Waals surface area contributed by atoms with Gasteiger partial charge in [-0.15, -0.1) is 0 Å². The van der Waals surface area contributed by atoms with Crippen LogP contribution in [0.15, 0.2) is 57.1 Å². The number of nitrogens with one attached hydrogen (secondary N) is 1. The number of aromatic nitrogens is 8. The maximum Gasteiger partial charge on any atom is 0.408 e. The van der Waals surface area contributed by atoms with Crippen LogP contribution in [0.4, 0.5) is 24.9 Å². The summed E-state index contributed by atoms with van der Waals surface area (Å²) in [5, 5.41) is 6.57.